The number of nitrogens with one attached hydrogen (secondary N) is 1. The summed E-state index contributed by atoms with van der Waals surface area (Å²) in [6.07, 6.45) is 8.19. The summed E-state index contributed by atoms with van der Waals surface area (Å²) in [6.45, 7) is 7.54. The van der Waals surface area contributed by atoms with Crippen LogP contribution in [0.25, 0.3) is 0 Å². The topological polar surface area (TPSA) is 42.7 Å². The number of nitrogens with zero attached hydrogens (tertiary/aromatic N) is 3. The normalized spacial score (nSPS) is 12.5. The van der Waals surface area contributed by atoms with Gasteiger partial charge in [-0.25, -0.2) is 0 Å². The van der Waals surface area contributed by atoms with Gasteiger partial charge >= 0.3 is 0 Å². The smallest absolute Gasteiger partial charge is 0.0864 e. The number of hydrogen-bond acceptors (Lipinski definition) is 3. The third kappa shape index (κ3) is 5.66. The van der Waals surface area contributed by atoms with Gasteiger partial charge < -0.3 is 5.32 Å². The van der Waals surface area contributed by atoms with Crippen LogP contribution in [0.15, 0.2) is 18.3 Å². The van der Waals surface area contributed by atoms with Crippen LogP contribution in [0.3, 0.4) is 0 Å². The first-order valence-corrected chi connectivity index (χ1v) is 5.72. The second kappa shape index (κ2) is 5.80. The molecule has 90 valence electrons. The molecule has 1 heterocycles. The van der Waals surface area contributed by atoms with E-state index in [-0.39, 0.29) is 5.54 Å². The molecule has 1 aromatic heterocycles. The summed E-state index contributed by atoms with van der Waals surface area (Å²) in [6, 6.07) is 0. The number of hydrogen-bond donors (Lipinski definition) is 1. The molecule has 0 saturated carbocycles. The van der Waals surface area contributed by atoms with Crippen LogP contribution in [0, 0.1) is 0 Å². The summed E-state index contributed by atoms with van der Waals surface area (Å²) >= 11 is 0. The quantitative estimate of drug-likeness (QED) is 0.609. The highest BCUT2D eigenvalue weighted by Crippen LogP contribution is 1.99. The van der Waals surface area contributed by atoms with Gasteiger partial charge in [0.2, 0.25) is 0 Å². The van der Waals surface area contributed by atoms with Gasteiger partial charge in [0.15, 0.2) is 0 Å². The molecule has 0 atom stereocenters. The summed E-state index contributed by atoms with van der Waals surface area (Å²) in [5.74, 6) is 0. The Bertz CT molecular complexity index is 333. The summed E-state index contributed by atoms with van der Waals surface area (Å²) in [4.78, 5) is 0. The van der Waals surface area contributed by atoms with Crippen LogP contribution >= 0.6 is 0 Å². The lowest BCUT2D eigenvalue weighted by Gasteiger charge is -2.19. The molecule has 0 bridgehead atoms. The molecule has 0 saturated heterocycles. The molecule has 1 rings (SSSR count). The molecule has 0 spiro atoms. The van der Waals surface area contributed by atoms with E-state index in [4.69, 9.17) is 0 Å². The zero-order valence-electron chi connectivity index (χ0n) is 10.7. The minimum Gasteiger partial charge on any atom is -0.312 e. The Labute approximate surface area is 97.7 Å². The third-order valence-corrected chi connectivity index (χ3v) is 2.11. The van der Waals surface area contributed by atoms with Gasteiger partial charge in [0, 0.05) is 25.2 Å². The molecule has 0 amide bonds. The van der Waals surface area contributed by atoms with Gasteiger partial charge in [0.25, 0.3) is 0 Å². The number of aromatic nitrogens is 3. The van der Waals surface area contributed by atoms with Gasteiger partial charge in [-0.3, -0.25) is 4.68 Å². The molecule has 1 N–H and O–H groups in total. The maximum absolute atomic E-state index is 4.02. The Hall–Kier alpha value is -1.16. The van der Waals surface area contributed by atoms with Crippen LogP contribution in [-0.2, 0) is 13.5 Å². The summed E-state index contributed by atoms with van der Waals surface area (Å²) in [5, 5.41) is 11.3. The molecule has 0 radical (unpaired) electrons. The molecule has 0 unspecified atom stereocenters. The van der Waals surface area contributed by atoms with E-state index in [0.717, 1.165) is 25.1 Å². The fourth-order valence-electron chi connectivity index (χ4n) is 1.34. The predicted molar refractivity (Wildman–Crippen MR) is 66.2 cm³/mol. The third-order valence-electron chi connectivity index (χ3n) is 2.11. The minimum atomic E-state index is 0.207. The molecular weight excluding hydrogens is 200 g/mol. The molecule has 1 aromatic rings. The number of aryl methyl sites for hydroxylation is 1. The van der Waals surface area contributed by atoms with Crippen molar-refractivity contribution in [2.45, 2.75) is 39.2 Å². The Morgan fingerprint density at radius 1 is 1.38 bits per heavy atom. The van der Waals surface area contributed by atoms with Crippen molar-refractivity contribution in [2.24, 2.45) is 7.05 Å². The molecule has 0 aliphatic carbocycles. The van der Waals surface area contributed by atoms with Crippen molar-refractivity contribution in [1.29, 1.82) is 0 Å². The van der Waals surface area contributed by atoms with Gasteiger partial charge in [-0.1, -0.05) is 17.4 Å². The zero-order chi connectivity index (χ0) is 12.0. The van der Waals surface area contributed by atoms with E-state index in [2.05, 4.69) is 48.6 Å². The van der Waals surface area contributed by atoms with Gasteiger partial charge in [-0.2, -0.15) is 0 Å². The minimum absolute atomic E-state index is 0.207. The number of allylic oxidation sites excluding steroid dienone is 1. The van der Waals surface area contributed by atoms with Crippen molar-refractivity contribution in [1.82, 2.24) is 20.3 Å². The van der Waals surface area contributed by atoms with Gasteiger partial charge in [0.05, 0.1) is 5.69 Å². The van der Waals surface area contributed by atoms with Crippen LogP contribution in [-0.4, -0.2) is 27.1 Å². The van der Waals surface area contributed by atoms with E-state index in [9.17, 15) is 0 Å². The first-order valence-electron chi connectivity index (χ1n) is 5.72. The van der Waals surface area contributed by atoms with Crippen molar-refractivity contribution in [3.05, 3.63) is 24.0 Å². The maximum Gasteiger partial charge on any atom is 0.0864 e. The average molecular weight is 222 g/mol. The zero-order valence-corrected chi connectivity index (χ0v) is 10.7. The summed E-state index contributed by atoms with van der Waals surface area (Å²) < 4.78 is 1.73. The summed E-state index contributed by atoms with van der Waals surface area (Å²) in [7, 11) is 1.88. The highest BCUT2D eigenvalue weighted by Gasteiger charge is 2.06. The highest BCUT2D eigenvalue weighted by atomic mass is 15.4. The largest absolute Gasteiger partial charge is 0.312 e. The van der Waals surface area contributed by atoms with Crippen LogP contribution in [0.4, 0.5) is 0 Å². The van der Waals surface area contributed by atoms with Crippen LogP contribution < -0.4 is 5.32 Å². The van der Waals surface area contributed by atoms with Crippen molar-refractivity contribution >= 4 is 0 Å². The molecule has 16 heavy (non-hydrogen) atoms. The fraction of sp³-hybridized carbons (Fsp3) is 0.667. The predicted octanol–water partition coefficient (Wildman–Crippen LogP) is 1.69. The Kier molecular flexibility index (Phi) is 4.68. The molecule has 4 nitrogen and oxygen atoms in total. The van der Waals surface area contributed by atoms with Crippen LogP contribution in [0.5, 0.6) is 0 Å². The second-order valence-electron chi connectivity index (χ2n) is 5.02. The van der Waals surface area contributed by atoms with E-state index in [1.165, 1.54) is 0 Å². The number of rotatable bonds is 5. The van der Waals surface area contributed by atoms with Crippen molar-refractivity contribution in [2.75, 3.05) is 6.54 Å². The highest BCUT2D eigenvalue weighted by molar-refractivity contribution is 5.00. The van der Waals surface area contributed by atoms with Gasteiger partial charge in [0.1, 0.15) is 0 Å². The van der Waals surface area contributed by atoms with E-state index in [0.29, 0.717) is 0 Å². The first kappa shape index (κ1) is 12.9. The molecule has 0 aromatic carbocycles. The summed E-state index contributed by atoms with van der Waals surface area (Å²) in [5.41, 5.74) is 1.22. The molecule has 0 fully saturated rings. The molecule has 4 heteroatoms. The Balaban J connectivity index is 2.14. The lowest BCUT2D eigenvalue weighted by Crippen LogP contribution is -2.36. The van der Waals surface area contributed by atoms with Gasteiger partial charge in [-0.15, -0.1) is 5.10 Å². The van der Waals surface area contributed by atoms with E-state index < -0.39 is 0 Å². The lowest BCUT2D eigenvalue weighted by molar-refractivity contribution is 0.431. The Morgan fingerprint density at radius 2 is 2.12 bits per heavy atom. The van der Waals surface area contributed by atoms with Crippen molar-refractivity contribution in [3.8, 4) is 0 Å². The van der Waals surface area contributed by atoms with E-state index in [1.54, 1.807) is 4.68 Å². The second-order valence-corrected chi connectivity index (χ2v) is 5.02. The van der Waals surface area contributed by atoms with Crippen molar-refractivity contribution < 1.29 is 0 Å². The molecule has 0 aliphatic heterocycles. The van der Waals surface area contributed by atoms with Gasteiger partial charge in [-0.05, 0) is 33.7 Å². The average Bonchev–Trinajstić information content (AvgIpc) is 2.56. The Morgan fingerprint density at radius 3 is 2.69 bits per heavy atom. The van der Waals surface area contributed by atoms with Crippen LogP contribution in [0.1, 0.15) is 32.9 Å². The SMILES string of the molecule is Cn1cc(C/C=C/CCNC(C)(C)C)nn1. The standard InChI is InChI=1S/C12H22N4/c1-12(2,3)13-9-7-5-6-8-11-10-16(4)15-14-11/h5-6,10,13H,7-9H2,1-4H3/b6-5+. The van der Waals surface area contributed by atoms with E-state index >= 15 is 0 Å². The van der Waals surface area contributed by atoms with Crippen LogP contribution in [0.2, 0.25) is 0 Å². The van der Waals surface area contributed by atoms with E-state index in [1.807, 2.05) is 13.2 Å². The monoisotopic (exact) mass is 222 g/mol. The lowest BCUT2D eigenvalue weighted by atomic mass is 10.1. The molecule has 0 aliphatic rings. The van der Waals surface area contributed by atoms with Crippen molar-refractivity contribution in [3.63, 3.8) is 0 Å². The fourth-order valence-corrected chi connectivity index (χ4v) is 1.34. The molecular formula is C12H22N4. The first-order chi connectivity index (χ1) is 7.47. The maximum atomic E-state index is 4.02.